The van der Waals surface area contributed by atoms with Crippen LogP contribution < -0.4 is 0 Å². The van der Waals surface area contributed by atoms with E-state index >= 15 is 0 Å². The van der Waals surface area contributed by atoms with Crippen molar-refractivity contribution in [2.24, 2.45) is 0 Å². The van der Waals surface area contributed by atoms with Crippen molar-refractivity contribution in [3.63, 3.8) is 0 Å². The van der Waals surface area contributed by atoms with E-state index in [-0.39, 0.29) is 0 Å². The van der Waals surface area contributed by atoms with E-state index in [1.165, 1.54) is 0 Å². The lowest BCUT2D eigenvalue weighted by Gasteiger charge is -2.32. The van der Waals surface area contributed by atoms with Crippen LogP contribution in [0.5, 0.6) is 0 Å². The Morgan fingerprint density at radius 2 is 2.10 bits per heavy atom. The molecule has 1 aliphatic rings. The summed E-state index contributed by atoms with van der Waals surface area (Å²) in [5.74, 6) is 0. The molecule has 0 bridgehead atoms. The van der Waals surface area contributed by atoms with Gasteiger partial charge in [-0.2, -0.15) is 0 Å². The molecule has 0 aliphatic carbocycles. The Bertz CT molecular complexity index is 108. The van der Waals surface area contributed by atoms with Crippen LogP contribution in [0.2, 0.25) is 0 Å². The zero-order valence-electron chi connectivity index (χ0n) is 6.32. The third kappa shape index (κ3) is 1.68. The van der Waals surface area contributed by atoms with E-state index in [1.54, 1.807) is 0 Å². The average Bonchev–Trinajstić information content (AvgIpc) is 1.95. The van der Waals surface area contributed by atoms with E-state index in [2.05, 4.69) is 11.8 Å². The predicted molar refractivity (Wildman–Crippen MR) is 38.7 cm³/mol. The number of rotatable bonds is 1. The van der Waals surface area contributed by atoms with Gasteiger partial charge in [0, 0.05) is 13.1 Å². The monoisotopic (exact) mass is 145 g/mol. The summed E-state index contributed by atoms with van der Waals surface area (Å²) in [5, 5.41) is 18.3. The summed E-state index contributed by atoms with van der Waals surface area (Å²) in [7, 11) is 0. The zero-order valence-corrected chi connectivity index (χ0v) is 6.32. The number of likely N-dealkylation sites (N-methyl/N-ethyl adjacent to an activating group) is 1. The molecule has 0 amide bonds. The molecule has 3 heteroatoms. The molecule has 0 aromatic rings. The maximum atomic E-state index is 9.19. The SMILES string of the molecule is CCN1CC[C@@H](O)[C@H](O)C1. The largest absolute Gasteiger partial charge is 0.390 e. The van der Waals surface area contributed by atoms with E-state index in [1.807, 2.05) is 0 Å². The van der Waals surface area contributed by atoms with Crippen molar-refractivity contribution in [2.45, 2.75) is 25.6 Å². The fourth-order valence-electron chi connectivity index (χ4n) is 1.27. The van der Waals surface area contributed by atoms with Crippen LogP contribution in [-0.2, 0) is 0 Å². The summed E-state index contributed by atoms with van der Waals surface area (Å²) in [6.45, 7) is 4.56. The van der Waals surface area contributed by atoms with Crippen molar-refractivity contribution < 1.29 is 10.2 Å². The molecule has 1 rings (SSSR count). The highest BCUT2D eigenvalue weighted by molar-refractivity contribution is 4.78. The maximum absolute atomic E-state index is 9.19. The average molecular weight is 145 g/mol. The van der Waals surface area contributed by atoms with Crippen molar-refractivity contribution in [3.05, 3.63) is 0 Å². The number of β-amino-alcohol motifs (C(OH)–C–C–N with tert-alkyl or cyclic N) is 1. The minimum absolute atomic E-state index is 0.497. The molecule has 0 aromatic heterocycles. The summed E-state index contributed by atoms with van der Waals surface area (Å²) < 4.78 is 0. The highest BCUT2D eigenvalue weighted by Gasteiger charge is 2.24. The first-order valence-corrected chi connectivity index (χ1v) is 3.82. The first-order chi connectivity index (χ1) is 4.74. The molecular weight excluding hydrogens is 130 g/mol. The molecule has 0 radical (unpaired) electrons. The van der Waals surface area contributed by atoms with E-state index in [4.69, 9.17) is 5.11 Å². The first-order valence-electron chi connectivity index (χ1n) is 3.82. The Labute approximate surface area is 61.3 Å². The molecule has 1 saturated heterocycles. The molecule has 2 atom stereocenters. The maximum Gasteiger partial charge on any atom is 0.0926 e. The summed E-state index contributed by atoms with van der Waals surface area (Å²) in [4.78, 5) is 2.14. The quantitative estimate of drug-likeness (QED) is 0.519. The van der Waals surface area contributed by atoms with Crippen LogP contribution in [0.3, 0.4) is 0 Å². The molecule has 2 N–H and O–H groups in total. The second-order valence-electron chi connectivity index (χ2n) is 2.82. The second-order valence-corrected chi connectivity index (χ2v) is 2.82. The topological polar surface area (TPSA) is 43.7 Å². The number of aliphatic hydroxyl groups excluding tert-OH is 2. The number of likely N-dealkylation sites (tertiary alicyclic amines) is 1. The molecule has 1 fully saturated rings. The van der Waals surface area contributed by atoms with Crippen molar-refractivity contribution in [3.8, 4) is 0 Å². The summed E-state index contributed by atoms with van der Waals surface area (Å²) in [6, 6.07) is 0. The van der Waals surface area contributed by atoms with Crippen molar-refractivity contribution in [2.75, 3.05) is 19.6 Å². The first kappa shape index (κ1) is 7.98. The van der Waals surface area contributed by atoms with Gasteiger partial charge in [-0.25, -0.2) is 0 Å². The van der Waals surface area contributed by atoms with Crippen LogP contribution in [-0.4, -0.2) is 47.0 Å². The van der Waals surface area contributed by atoms with Gasteiger partial charge in [-0.1, -0.05) is 6.92 Å². The van der Waals surface area contributed by atoms with Crippen LogP contribution in [0, 0.1) is 0 Å². The number of nitrogens with zero attached hydrogens (tertiary/aromatic N) is 1. The lowest BCUT2D eigenvalue weighted by Crippen LogP contribution is -2.46. The molecule has 0 saturated carbocycles. The van der Waals surface area contributed by atoms with Crippen LogP contribution in [0.4, 0.5) is 0 Å². The van der Waals surface area contributed by atoms with Crippen molar-refractivity contribution >= 4 is 0 Å². The fraction of sp³-hybridized carbons (Fsp3) is 1.00. The van der Waals surface area contributed by atoms with Gasteiger partial charge in [0.2, 0.25) is 0 Å². The number of aliphatic hydroxyl groups is 2. The van der Waals surface area contributed by atoms with Crippen LogP contribution in [0.25, 0.3) is 0 Å². The fourth-order valence-corrected chi connectivity index (χ4v) is 1.27. The molecule has 10 heavy (non-hydrogen) atoms. The molecule has 1 heterocycles. The number of piperidine rings is 1. The third-order valence-electron chi connectivity index (χ3n) is 2.08. The Hall–Kier alpha value is -0.120. The van der Waals surface area contributed by atoms with Gasteiger partial charge in [0.05, 0.1) is 12.2 Å². The van der Waals surface area contributed by atoms with Gasteiger partial charge in [0.1, 0.15) is 0 Å². The third-order valence-corrected chi connectivity index (χ3v) is 2.08. The summed E-state index contributed by atoms with van der Waals surface area (Å²) in [6.07, 6.45) is -0.328. The van der Waals surface area contributed by atoms with E-state index in [0.717, 1.165) is 13.1 Å². The highest BCUT2D eigenvalue weighted by atomic mass is 16.3. The number of hydrogen-bond acceptors (Lipinski definition) is 3. The molecular formula is C7H15NO2. The molecule has 0 aromatic carbocycles. The van der Waals surface area contributed by atoms with Crippen LogP contribution in [0.1, 0.15) is 13.3 Å². The molecule has 3 nitrogen and oxygen atoms in total. The van der Waals surface area contributed by atoms with Crippen molar-refractivity contribution in [1.82, 2.24) is 4.90 Å². The van der Waals surface area contributed by atoms with Crippen molar-refractivity contribution in [1.29, 1.82) is 0 Å². The smallest absolute Gasteiger partial charge is 0.0926 e. The Kier molecular flexibility index (Phi) is 2.65. The summed E-state index contributed by atoms with van der Waals surface area (Å²) >= 11 is 0. The Balaban J connectivity index is 2.33. The van der Waals surface area contributed by atoms with Gasteiger partial charge < -0.3 is 15.1 Å². The van der Waals surface area contributed by atoms with Gasteiger partial charge in [-0.3, -0.25) is 0 Å². The van der Waals surface area contributed by atoms with Gasteiger partial charge in [0.15, 0.2) is 0 Å². The van der Waals surface area contributed by atoms with Crippen LogP contribution in [0.15, 0.2) is 0 Å². The van der Waals surface area contributed by atoms with Gasteiger partial charge in [-0.15, -0.1) is 0 Å². The van der Waals surface area contributed by atoms with Gasteiger partial charge >= 0.3 is 0 Å². The highest BCUT2D eigenvalue weighted by Crippen LogP contribution is 2.09. The predicted octanol–water partition coefficient (Wildman–Crippen LogP) is -0.566. The molecule has 60 valence electrons. The lowest BCUT2D eigenvalue weighted by molar-refractivity contribution is -0.0369. The van der Waals surface area contributed by atoms with E-state index in [9.17, 15) is 5.11 Å². The van der Waals surface area contributed by atoms with Crippen LogP contribution >= 0.6 is 0 Å². The Morgan fingerprint density at radius 1 is 1.40 bits per heavy atom. The molecule has 0 unspecified atom stereocenters. The van der Waals surface area contributed by atoms with E-state index in [0.29, 0.717) is 13.0 Å². The van der Waals surface area contributed by atoms with Gasteiger partial charge in [0.25, 0.3) is 0 Å². The van der Waals surface area contributed by atoms with E-state index < -0.39 is 12.2 Å². The molecule has 1 aliphatic heterocycles. The lowest BCUT2D eigenvalue weighted by atomic mass is 10.1. The Morgan fingerprint density at radius 3 is 2.60 bits per heavy atom. The normalized spacial score (nSPS) is 36.3. The zero-order chi connectivity index (χ0) is 7.56. The minimum Gasteiger partial charge on any atom is -0.390 e. The number of hydrogen-bond donors (Lipinski definition) is 2. The molecule has 0 spiro atoms. The summed E-state index contributed by atoms with van der Waals surface area (Å²) in [5.41, 5.74) is 0. The minimum atomic E-state index is -0.534. The second kappa shape index (κ2) is 3.32. The standard InChI is InChI=1S/C7H15NO2/c1-2-8-4-3-6(9)7(10)5-8/h6-7,9-10H,2-5H2,1H3/t6-,7-/m1/s1. The van der Waals surface area contributed by atoms with Gasteiger partial charge in [-0.05, 0) is 13.0 Å².